The number of hydrogen-bond acceptors (Lipinski definition) is 3. The first kappa shape index (κ1) is 12.6. The molecule has 0 saturated heterocycles. The summed E-state index contributed by atoms with van der Waals surface area (Å²) in [6, 6.07) is 12.6. The lowest BCUT2D eigenvalue weighted by molar-refractivity contribution is 0.0951. The predicted octanol–water partition coefficient (Wildman–Crippen LogP) is 2.54. The van der Waals surface area contributed by atoms with E-state index in [0.717, 1.165) is 11.1 Å². The number of carbonyl (C=O) groups is 1. The molecule has 0 unspecified atom stereocenters. The molecular weight excluding hydrogens is 276 g/mol. The van der Waals surface area contributed by atoms with Gasteiger partial charge < -0.3 is 5.32 Å². The Morgan fingerprint density at radius 1 is 1.15 bits per heavy atom. The van der Waals surface area contributed by atoms with Gasteiger partial charge in [0.15, 0.2) is 0 Å². The summed E-state index contributed by atoms with van der Waals surface area (Å²) < 4.78 is 0. The molecule has 3 aromatic rings. The van der Waals surface area contributed by atoms with E-state index in [4.69, 9.17) is 11.6 Å². The third-order valence-corrected chi connectivity index (χ3v) is 3.34. The Morgan fingerprint density at radius 3 is 2.80 bits per heavy atom. The van der Waals surface area contributed by atoms with E-state index in [1.54, 1.807) is 24.3 Å². The number of halogens is 1. The van der Waals surface area contributed by atoms with Gasteiger partial charge in [0.2, 0.25) is 0 Å². The van der Waals surface area contributed by atoms with Gasteiger partial charge in [0.05, 0.1) is 0 Å². The minimum Gasteiger partial charge on any atom is -0.348 e. The third kappa shape index (κ3) is 2.48. The Hall–Kier alpha value is -2.40. The molecule has 1 amide bonds. The highest BCUT2D eigenvalue weighted by atomic mass is 35.5. The van der Waals surface area contributed by atoms with Crippen LogP contribution in [0.5, 0.6) is 0 Å². The second kappa shape index (κ2) is 5.30. The summed E-state index contributed by atoms with van der Waals surface area (Å²) in [7, 11) is 0. The first-order valence-electron chi connectivity index (χ1n) is 6.06. The highest BCUT2D eigenvalue weighted by Gasteiger charge is 2.08. The molecule has 0 saturated carbocycles. The normalized spacial score (nSPS) is 10.7. The molecule has 0 aliphatic rings. The first-order valence-corrected chi connectivity index (χ1v) is 6.44. The monoisotopic (exact) mass is 286 g/mol. The van der Waals surface area contributed by atoms with Crippen molar-refractivity contribution in [2.24, 2.45) is 0 Å². The van der Waals surface area contributed by atoms with Crippen molar-refractivity contribution in [2.45, 2.75) is 6.54 Å². The van der Waals surface area contributed by atoms with Gasteiger partial charge in [0, 0.05) is 17.1 Å². The maximum absolute atomic E-state index is 12.1. The SMILES string of the molecule is O=C(NCc1ccccc1Cl)c1ccc2n[nH]nc2c1. The Balaban J connectivity index is 1.74. The number of hydrogen-bond donors (Lipinski definition) is 2. The second-order valence-electron chi connectivity index (χ2n) is 4.30. The van der Waals surface area contributed by atoms with E-state index >= 15 is 0 Å². The Labute approximate surface area is 120 Å². The fourth-order valence-corrected chi connectivity index (χ4v) is 2.10. The van der Waals surface area contributed by atoms with E-state index in [0.29, 0.717) is 22.6 Å². The van der Waals surface area contributed by atoms with Crippen LogP contribution in [0.2, 0.25) is 5.02 Å². The van der Waals surface area contributed by atoms with Gasteiger partial charge >= 0.3 is 0 Å². The van der Waals surface area contributed by atoms with Crippen LogP contribution in [0.3, 0.4) is 0 Å². The van der Waals surface area contributed by atoms with Crippen LogP contribution in [0.15, 0.2) is 42.5 Å². The van der Waals surface area contributed by atoms with Crippen LogP contribution < -0.4 is 5.32 Å². The van der Waals surface area contributed by atoms with Crippen LogP contribution in [-0.4, -0.2) is 21.3 Å². The minimum atomic E-state index is -0.171. The van der Waals surface area contributed by atoms with E-state index in [1.165, 1.54) is 0 Å². The molecule has 2 aromatic carbocycles. The number of benzene rings is 2. The molecule has 0 aliphatic carbocycles. The van der Waals surface area contributed by atoms with Gasteiger partial charge in [-0.3, -0.25) is 4.79 Å². The van der Waals surface area contributed by atoms with Gasteiger partial charge in [0.1, 0.15) is 11.0 Å². The molecule has 20 heavy (non-hydrogen) atoms. The molecule has 3 rings (SSSR count). The Kier molecular flexibility index (Phi) is 3.35. The number of aromatic nitrogens is 3. The molecule has 2 N–H and O–H groups in total. The largest absolute Gasteiger partial charge is 0.348 e. The number of rotatable bonds is 3. The summed E-state index contributed by atoms with van der Waals surface area (Å²) in [6.07, 6.45) is 0. The number of carbonyl (C=O) groups excluding carboxylic acids is 1. The summed E-state index contributed by atoms with van der Waals surface area (Å²) in [5.74, 6) is -0.171. The van der Waals surface area contributed by atoms with Gasteiger partial charge in [-0.15, -0.1) is 0 Å². The van der Waals surface area contributed by atoms with Crippen molar-refractivity contribution in [2.75, 3.05) is 0 Å². The van der Waals surface area contributed by atoms with Crippen molar-refractivity contribution >= 4 is 28.5 Å². The van der Waals surface area contributed by atoms with Crippen LogP contribution in [0.4, 0.5) is 0 Å². The zero-order chi connectivity index (χ0) is 13.9. The second-order valence-corrected chi connectivity index (χ2v) is 4.71. The lowest BCUT2D eigenvalue weighted by Gasteiger charge is -2.06. The molecule has 100 valence electrons. The summed E-state index contributed by atoms with van der Waals surface area (Å²) >= 11 is 6.04. The number of nitrogens with one attached hydrogen (secondary N) is 2. The van der Waals surface area contributed by atoms with Crippen LogP contribution >= 0.6 is 11.6 Å². The van der Waals surface area contributed by atoms with Crippen molar-refractivity contribution in [3.05, 3.63) is 58.6 Å². The lowest BCUT2D eigenvalue weighted by Crippen LogP contribution is -2.22. The van der Waals surface area contributed by atoms with E-state index in [1.807, 2.05) is 18.2 Å². The summed E-state index contributed by atoms with van der Waals surface area (Å²) in [4.78, 5) is 12.1. The van der Waals surface area contributed by atoms with E-state index in [9.17, 15) is 4.79 Å². The van der Waals surface area contributed by atoms with Crippen LogP contribution in [0.25, 0.3) is 11.0 Å². The molecule has 0 fully saturated rings. The van der Waals surface area contributed by atoms with Crippen LogP contribution in [0, 0.1) is 0 Å². The topological polar surface area (TPSA) is 70.7 Å². The van der Waals surface area contributed by atoms with Crippen molar-refractivity contribution < 1.29 is 4.79 Å². The van der Waals surface area contributed by atoms with Crippen molar-refractivity contribution in [3.63, 3.8) is 0 Å². The number of nitrogens with zero attached hydrogens (tertiary/aromatic N) is 2. The molecule has 1 aromatic heterocycles. The predicted molar refractivity (Wildman–Crippen MR) is 76.5 cm³/mol. The van der Waals surface area contributed by atoms with Gasteiger partial charge in [-0.25, -0.2) is 0 Å². The van der Waals surface area contributed by atoms with Crippen molar-refractivity contribution in [3.8, 4) is 0 Å². The minimum absolute atomic E-state index is 0.171. The zero-order valence-electron chi connectivity index (χ0n) is 10.4. The maximum Gasteiger partial charge on any atom is 0.251 e. The highest BCUT2D eigenvalue weighted by Crippen LogP contribution is 2.15. The number of amides is 1. The number of fused-ring (bicyclic) bond motifs is 1. The fraction of sp³-hybridized carbons (Fsp3) is 0.0714. The highest BCUT2D eigenvalue weighted by molar-refractivity contribution is 6.31. The third-order valence-electron chi connectivity index (χ3n) is 2.98. The van der Waals surface area contributed by atoms with Gasteiger partial charge in [0.25, 0.3) is 5.91 Å². The molecule has 0 aliphatic heterocycles. The molecule has 0 bridgehead atoms. The molecule has 0 radical (unpaired) electrons. The van der Waals surface area contributed by atoms with E-state index < -0.39 is 0 Å². The summed E-state index contributed by atoms with van der Waals surface area (Å²) in [5.41, 5.74) is 2.81. The molecule has 6 heteroatoms. The molecule has 1 heterocycles. The van der Waals surface area contributed by atoms with Crippen LogP contribution in [-0.2, 0) is 6.54 Å². The maximum atomic E-state index is 12.1. The van der Waals surface area contributed by atoms with Crippen molar-refractivity contribution in [1.82, 2.24) is 20.7 Å². The molecular formula is C14H11ClN4O. The number of aromatic amines is 1. The van der Waals surface area contributed by atoms with Crippen molar-refractivity contribution in [1.29, 1.82) is 0 Å². The first-order chi connectivity index (χ1) is 9.74. The average Bonchev–Trinajstić information content (AvgIpc) is 2.93. The Bertz CT molecular complexity index is 768. The van der Waals surface area contributed by atoms with Crippen LogP contribution in [0.1, 0.15) is 15.9 Å². The van der Waals surface area contributed by atoms with Gasteiger partial charge in [-0.1, -0.05) is 29.8 Å². The Morgan fingerprint density at radius 2 is 1.95 bits per heavy atom. The summed E-state index contributed by atoms with van der Waals surface area (Å²) in [6.45, 7) is 0.384. The van der Waals surface area contributed by atoms with Gasteiger partial charge in [-0.2, -0.15) is 15.4 Å². The summed E-state index contributed by atoms with van der Waals surface area (Å²) in [5, 5.41) is 13.9. The fourth-order valence-electron chi connectivity index (χ4n) is 1.90. The van der Waals surface area contributed by atoms with E-state index in [-0.39, 0.29) is 5.91 Å². The number of H-pyrrole nitrogens is 1. The molecule has 0 atom stereocenters. The molecule has 5 nitrogen and oxygen atoms in total. The lowest BCUT2D eigenvalue weighted by atomic mass is 10.1. The van der Waals surface area contributed by atoms with E-state index in [2.05, 4.69) is 20.7 Å². The zero-order valence-corrected chi connectivity index (χ0v) is 11.2. The van der Waals surface area contributed by atoms with Gasteiger partial charge in [-0.05, 0) is 29.8 Å². The quantitative estimate of drug-likeness (QED) is 0.777. The molecule has 0 spiro atoms. The average molecular weight is 287 g/mol. The smallest absolute Gasteiger partial charge is 0.251 e. The standard InChI is InChI=1S/C14H11ClN4O/c15-11-4-2-1-3-10(11)8-16-14(20)9-5-6-12-13(7-9)18-19-17-12/h1-7H,8H2,(H,16,20)(H,17,18,19).